The minimum absolute atomic E-state index is 0.00973. The molecule has 8 nitrogen and oxygen atoms in total. The monoisotopic (exact) mass is 282 g/mol. The number of anilines is 1. The van der Waals surface area contributed by atoms with Gasteiger partial charge < -0.3 is 14.8 Å². The molecule has 0 bridgehead atoms. The fraction of sp³-hybridized carbons (Fsp3) is 0.667. The summed E-state index contributed by atoms with van der Waals surface area (Å²) in [6, 6.07) is 0. The number of hydrogen-bond acceptors (Lipinski definition) is 7. The second-order valence-electron chi connectivity index (χ2n) is 4.61. The summed E-state index contributed by atoms with van der Waals surface area (Å²) in [5.41, 5.74) is -0.217. The van der Waals surface area contributed by atoms with E-state index in [1.165, 1.54) is 6.20 Å². The standard InChI is InChI=1S/C12H18N4O4/c1-2-4-13-12-14-6-10(16(17)18)11(15-12)20-8-9-3-5-19-7-9/h6,9H,2-5,7-8H2,1H3,(H,13,14,15). The van der Waals surface area contributed by atoms with Gasteiger partial charge in [-0.1, -0.05) is 6.92 Å². The molecule has 1 N–H and O–H groups in total. The Morgan fingerprint density at radius 1 is 1.65 bits per heavy atom. The molecule has 2 heterocycles. The number of aromatic nitrogens is 2. The summed E-state index contributed by atoms with van der Waals surface area (Å²) in [5.74, 6) is 0.613. The van der Waals surface area contributed by atoms with Crippen LogP contribution in [0.4, 0.5) is 11.6 Å². The second kappa shape index (κ2) is 6.99. The number of nitrogens with one attached hydrogen (secondary N) is 1. The van der Waals surface area contributed by atoms with Gasteiger partial charge in [-0.05, 0) is 12.8 Å². The Morgan fingerprint density at radius 3 is 3.15 bits per heavy atom. The molecule has 0 aliphatic carbocycles. The van der Waals surface area contributed by atoms with Gasteiger partial charge in [0.15, 0.2) is 0 Å². The van der Waals surface area contributed by atoms with E-state index in [0.29, 0.717) is 32.3 Å². The quantitative estimate of drug-likeness (QED) is 0.599. The van der Waals surface area contributed by atoms with Crippen molar-refractivity contribution >= 4 is 11.6 Å². The molecule has 20 heavy (non-hydrogen) atoms. The average molecular weight is 282 g/mol. The molecule has 110 valence electrons. The Bertz CT molecular complexity index is 463. The Kier molecular flexibility index (Phi) is 5.05. The van der Waals surface area contributed by atoms with Crippen LogP contribution in [0.2, 0.25) is 0 Å². The number of ether oxygens (including phenoxy) is 2. The van der Waals surface area contributed by atoms with E-state index >= 15 is 0 Å². The van der Waals surface area contributed by atoms with E-state index in [9.17, 15) is 10.1 Å². The molecular formula is C12H18N4O4. The van der Waals surface area contributed by atoms with Crippen molar-refractivity contribution in [2.45, 2.75) is 19.8 Å². The average Bonchev–Trinajstić information content (AvgIpc) is 2.96. The highest BCUT2D eigenvalue weighted by atomic mass is 16.6. The van der Waals surface area contributed by atoms with Crippen LogP contribution in [0.1, 0.15) is 19.8 Å². The van der Waals surface area contributed by atoms with Crippen LogP contribution in [-0.2, 0) is 4.74 Å². The first kappa shape index (κ1) is 14.4. The van der Waals surface area contributed by atoms with E-state index in [1.54, 1.807) is 0 Å². The van der Waals surface area contributed by atoms with E-state index in [2.05, 4.69) is 15.3 Å². The lowest BCUT2D eigenvalue weighted by atomic mass is 10.1. The lowest BCUT2D eigenvalue weighted by Crippen LogP contribution is -2.14. The van der Waals surface area contributed by atoms with Crippen LogP contribution in [0, 0.1) is 16.0 Å². The first-order chi connectivity index (χ1) is 9.70. The minimum atomic E-state index is -0.538. The highest BCUT2D eigenvalue weighted by molar-refractivity contribution is 5.43. The Morgan fingerprint density at radius 2 is 2.50 bits per heavy atom. The van der Waals surface area contributed by atoms with Crippen LogP contribution in [0.3, 0.4) is 0 Å². The van der Waals surface area contributed by atoms with Gasteiger partial charge in [-0.3, -0.25) is 10.1 Å². The summed E-state index contributed by atoms with van der Waals surface area (Å²) in [7, 11) is 0. The molecule has 1 aliphatic rings. The highest BCUT2D eigenvalue weighted by Gasteiger charge is 2.22. The van der Waals surface area contributed by atoms with Gasteiger partial charge in [0.1, 0.15) is 6.20 Å². The molecule has 1 aliphatic heterocycles. The van der Waals surface area contributed by atoms with Crippen molar-refractivity contribution in [3.05, 3.63) is 16.3 Å². The molecule has 0 radical (unpaired) electrons. The van der Waals surface area contributed by atoms with Crippen LogP contribution in [0.15, 0.2) is 6.20 Å². The Hall–Kier alpha value is -1.96. The van der Waals surface area contributed by atoms with Gasteiger partial charge in [0.2, 0.25) is 5.95 Å². The molecule has 1 aromatic heterocycles. The van der Waals surface area contributed by atoms with Gasteiger partial charge in [0, 0.05) is 19.1 Å². The molecule has 1 fully saturated rings. The van der Waals surface area contributed by atoms with Gasteiger partial charge in [-0.15, -0.1) is 0 Å². The lowest BCUT2D eigenvalue weighted by Gasteiger charge is -2.10. The fourth-order valence-electron chi connectivity index (χ4n) is 1.82. The van der Waals surface area contributed by atoms with E-state index < -0.39 is 4.92 Å². The van der Waals surface area contributed by atoms with Crippen molar-refractivity contribution < 1.29 is 14.4 Å². The normalized spacial score (nSPS) is 17.9. The van der Waals surface area contributed by atoms with E-state index in [4.69, 9.17) is 9.47 Å². The van der Waals surface area contributed by atoms with Crippen molar-refractivity contribution in [3.63, 3.8) is 0 Å². The minimum Gasteiger partial charge on any atom is -0.472 e. The van der Waals surface area contributed by atoms with E-state index in [0.717, 1.165) is 12.8 Å². The molecule has 0 spiro atoms. The largest absolute Gasteiger partial charge is 0.472 e. The zero-order valence-electron chi connectivity index (χ0n) is 11.4. The number of rotatable bonds is 7. The summed E-state index contributed by atoms with van der Waals surface area (Å²) in [4.78, 5) is 18.4. The topological polar surface area (TPSA) is 99.4 Å². The third-order valence-corrected chi connectivity index (χ3v) is 2.95. The summed E-state index contributed by atoms with van der Waals surface area (Å²) in [6.45, 7) is 4.41. The molecule has 0 saturated carbocycles. The highest BCUT2D eigenvalue weighted by Crippen LogP contribution is 2.25. The molecule has 0 aromatic carbocycles. The molecule has 1 aromatic rings. The predicted octanol–water partition coefficient (Wildman–Crippen LogP) is 1.62. The van der Waals surface area contributed by atoms with Crippen molar-refractivity contribution in [1.82, 2.24) is 9.97 Å². The van der Waals surface area contributed by atoms with Gasteiger partial charge in [-0.2, -0.15) is 4.98 Å². The molecular weight excluding hydrogens is 264 g/mol. The predicted molar refractivity (Wildman–Crippen MR) is 71.9 cm³/mol. The van der Waals surface area contributed by atoms with Crippen LogP contribution in [0.5, 0.6) is 5.88 Å². The number of nitro groups is 1. The van der Waals surface area contributed by atoms with Gasteiger partial charge >= 0.3 is 5.69 Å². The Balaban J connectivity index is 2.06. The van der Waals surface area contributed by atoms with Crippen LogP contribution in [0.25, 0.3) is 0 Å². The third kappa shape index (κ3) is 3.77. The SMILES string of the molecule is CCCNc1ncc([N+](=O)[O-])c(OCC2CCOC2)n1. The summed E-state index contributed by atoms with van der Waals surface area (Å²) >= 11 is 0. The zero-order chi connectivity index (χ0) is 14.4. The van der Waals surface area contributed by atoms with Crippen LogP contribution < -0.4 is 10.1 Å². The smallest absolute Gasteiger partial charge is 0.349 e. The molecule has 1 saturated heterocycles. The Labute approximate surface area is 116 Å². The maximum atomic E-state index is 10.9. The van der Waals surface area contributed by atoms with Crippen molar-refractivity contribution in [2.75, 3.05) is 31.7 Å². The summed E-state index contributed by atoms with van der Waals surface area (Å²) in [6.07, 6.45) is 2.99. The van der Waals surface area contributed by atoms with E-state index in [-0.39, 0.29) is 17.5 Å². The first-order valence-electron chi connectivity index (χ1n) is 6.66. The van der Waals surface area contributed by atoms with Gasteiger partial charge in [0.05, 0.1) is 18.1 Å². The lowest BCUT2D eigenvalue weighted by molar-refractivity contribution is -0.386. The van der Waals surface area contributed by atoms with Crippen molar-refractivity contribution in [3.8, 4) is 5.88 Å². The fourth-order valence-corrected chi connectivity index (χ4v) is 1.82. The molecule has 8 heteroatoms. The maximum absolute atomic E-state index is 10.9. The van der Waals surface area contributed by atoms with Crippen molar-refractivity contribution in [2.24, 2.45) is 5.92 Å². The third-order valence-electron chi connectivity index (χ3n) is 2.95. The number of nitrogens with zero attached hydrogens (tertiary/aromatic N) is 3. The molecule has 1 atom stereocenters. The summed E-state index contributed by atoms with van der Waals surface area (Å²) < 4.78 is 10.7. The second-order valence-corrected chi connectivity index (χ2v) is 4.61. The molecule has 2 rings (SSSR count). The summed E-state index contributed by atoms with van der Waals surface area (Å²) in [5, 5.41) is 13.9. The first-order valence-corrected chi connectivity index (χ1v) is 6.66. The molecule has 1 unspecified atom stereocenters. The van der Waals surface area contributed by atoms with E-state index in [1.807, 2.05) is 6.92 Å². The van der Waals surface area contributed by atoms with Gasteiger partial charge in [-0.25, -0.2) is 4.98 Å². The van der Waals surface area contributed by atoms with Crippen LogP contribution >= 0.6 is 0 Å². The zero-order valence-corrected chi connectivity index (χ0v) is 11.4. The molecule has 0 amide bonds. The van der Waals surface area contributed by atoms with Gasteiger partial charge in [0.25, 0.3) is 5.88 Å². The van der Waals surface area contributed by atoms with Crippen LogP contribution in [-0.4, -0.2) is 41.3 Å². The maximum Gasteiger partial charge on any atom is 0.349 e. The van der Waals surface area contributed by atoms with Crippen molar-refractivity contribution in [1.29, 1.82) is 0 Å². The number of hydrogen-bond donors (Lipinski definition) is 1.